The maximum atomic E-state index is 14.5. The van der Waals surface area contributed by atoms with Gasteiger partial charge in [0.15, 0.2) is 17.8 Å². The third kappa shape index (κ3) is 6.37. The number of ether oxygens (including phenoxy) is 1. The smallest absolute Gasteiger partial charge is 0.340 e. The molecule has 6 N–H and O–H groups in total. The van der Waals surface area contributed by atoms with Gasteiger partial charge < -0.3 is 39.5 Å². The molecular weight excluding hydrogens is 557 g/mol. The summed E-state index contributed by atoms with van der Waals surface area (Å²) >= 11 is 6.16. The van der Waals surface area contributed by atoms with Crippen molar-refractivity contribution in [2.75, 3.05) is 17.8 Å². The van der Waals surface area contributed by atoms with Crippen LogP contribution in [0, 0.1) is 5.82 Å². The van der Waals surface area contributed by atoms with Crippen molar-refractivity contribution >= 4 is 43.5 Å². The quantitative estimate of drug-likeness (QED) is 0.159. The summed E-state index contributed by atoms with van der Waals surface area (Å²) in [6.45, 7) is -6.11. The summed E-state index contributed by atoms with van der Waals surface area (Å²) in [4.78, 5) is 31.8. The van der Waals surface area contributed by atoms with E-state index in [4.69, 9.17) is 33.0 Å². The van der Waals surface area contributed by atoms with Crippen molar-refractivity contribution in [3.05, 3.63) is 53.1 Å². The molecule has 2 aromatic heterocycles. The zero-order valence-electron chi connectivity index (χ0n) is 23.4. The lowest BCUT2D eigenvalue weighted by molar-refractivity contribution is -0.0541. The number of aliphatic hydroxyl groups is 2. The van der Waals surface area contributed by atoms with Gasteiger partial charge in [0, 0.05) is 9.68 Å². The highest BCUT2D eigenvalue weighted by Gasteiger charge is 2.46. The molecular formula is C20H24ClFN4O9P2. The summed E-state index contributed by atoms with van der Waals surface area (Å²) in [6, 6.07) is 4.90. The molecule has 1 saturated heterocycles. The highest BCUT2D eigenvalue weighted by molar-refractivity contribution is 7.70. The number of aliphatic hydroxyl groups excluding tert-OH is 2. The minimum Gasteiger partial charge on any atom is -0.387 e. The van der Waals surface area contributed by atoms with Gasteiger partial charge in [-0.2, -0.15) is 5.10 Å². The molecule has 1 aliphatic rings. The molecule has 3 heterocycles. The third-order valence-electron chi connectivity index (χ3n) is 5.21. The van der Waals surface area contributed by atoms with E-state index in [1.54, 1.807) is 0 Å². The predicted octanol–water partition coefficient (Wildman–Crippen LogP) is 2.35. The van der Waals surface area contributed by atoms with Gasteiger partial charge in [-0.25, -0.2) is 14.1 Å². The van der Waals surface area contributed by atoms with Crippen LogP contribution in [0.1, 0.15) is 31.5 Å². The molecule has 0 amide bonds. The first kappa shape index (κ1) is 21.9. The van der Waals surface area contributed by atoms with Gasteiger partial charge in [-0.3, -0.25) is 9.13 Å². The molecule has 1 aromatic carbocycles. The molecule has 13 nitrogen and oxygen atoms in total. The lowest BCUT2D eigenvalue weighted by Crippen LogP contribution is -2.33. The number of aromatic nitrogens is 3. The molecule has 1 fully saturated rings. The molecule has 0 bridgehead atoms. The van der Waals surface area contributed by atoms with Crippen LogP contribution in [0.5, 0.6) is 0 Å². The fourth-order valence-electron chi connectivity index (χ4n) is 3.59. The van der Waals surface area contributed by atoms with Crippen molar-refractivity contribution in [2.45, 2.75) is 37.4 Å². The van der Waals surface area contributed by atoms with Gasteiger partial charge in [-0.05, 0) is 19.0 Å². The largest absolute Gasteiger partial charge is 0.387 e. The summed E-state index contributed by atoms with van der Waals surface area (Å²) in [6.07, 6.45) is -6.81. The molecule has 37 heavy (non-hydrogen) atoms. The summed E-state index contributed by atoms with van der Waals surface area (Å²) in [5.74, 6) is -2.51. The minimum atomic E-state index is -5.27. The highest BCUT2D eigenvalue weighted by atomic mass is 35.5. The monoisotopic (exact) mass is 585 g/mol. The summed E-state index contributed by atoms with van der Waals surface area (Å²) < 4.78 is 88.3. The van der Waals surface area contributed by atoms with Crippen LogP contribution in [-0.4, -0.2) is 70.4 Å². The normalized spacial score (nSPS) is 27.5. The first-order valence-corrected chi connectivity index (χ1v) is 14.3. The zero-order valence-corrected chi connectivity index (χ0v) is 21.0. The number of benzene rings is 1. The number of anilines is 1. The summed E-state index contributed by atoms with van der Waals surface area (Å²) in [5, 5.41) is 27.8. The molecule has 1 unspecified atom stereocenters. The predicted molar refractivity (Wildman–Crippen MR) is 130 cm³/mol. The number of nitrogens with zero attached hydrogens (tertiary/aromatic N) is 3. The standard InChI is InChI=1S/C20H24ClFN4O9P2/c1-10(11-4-2-3-5-13(11)22)24-14-6-16(21)25-19-12(14)7-23-26(19)20-18(28)17(27)15(35-20)8-34-37(32,33)9-36(29,30)31/h2-7,10,15,17-18,20,27-28H,8-9H2,1H3,(H,24,25)(H,32,33)(H2,29,30,31)/t10-,15+,17+,18+,20+/m0/s1/i1D3,8D2. The van der Waals surface area contributed by atoms with Gasteiger partial charge >= 0.3 is 15.2 Å². The molecule has 17 heteroatoms. The fourth-order valence-corrected chi connectivity index (χ4v) is 6.14. The molecule has 4 rings (SSSR count). The van der Waals surface area contributed by atoms with Gasteiger partial charge in [0.2, 0.25) is 0 Å². The summed E-state index contributed by atoms with van der Waals surface area (Å²) in [7, 11) is -10.4. The van der Waals surface area contributed by atoms with E-state index in [0.29, 0.717) is 0 Å². The van der Waals surface area contributed by atoms with Crippen molar-refractivity contribution in [2.24, 2.45) is 0 Å². The second-order valence-corrected chi connectivity index (χ2v) is 12.3. The Kier molecular flexibility index (Phi) is 6.32. The van der Waals surface area contributed by atoms with Crippen LogP contribution in [-0.2, 0) is 18.4 Å². The van der Waals surface area contributed by atoms with Crippen molar-refractivity contribution < 1.29 is 54.5 Å². The molecule has 0 aliphatic carbocycles. The van der Waals surface area contributed by atoms with Crippen LogP contribution in [0.3, 0.4) is 0 Å². The average molecular weight is 586 g/mol. The molecule has 1 aliphatic heterocycles. The maximum absolute atomic E-state index is 14.5. The van der Waals surface area contributed by atoms with Gasteiger partial charge in [-0.1, -0.05) is 29.8 Å². The first-order chi connectivity index (χ1) is 19.2. The second kappa shape index (κ2) is 10.7. The van der Waals surface area contributed by atoms with E-state index in [0.717, 1.165) is 16.9 Å². The lowest BCUT2D eigenvalue weighted by atomic mass is 10.1. The van der Waals surface area contributed by atoms with Crippen LogP contribution in [0.15, 0.2) is 36.5 Å². The zero-order chi connectivity index (χ0) is 31.4. The Labute approximate surface area is 221 Å². The summed E-state index contributed by atoms with van der Waals surface area (Å²) in [5.41, 5.74) is -0.299. The Hall–Kier alpha value is -1.96. The van der Waals surface area contributed by atoms with Crippen LogP contribution in [0.2, 0.25) is 5.15 Å². The van der Waals surface area contributed by atoms with Gasteiger partial charge in [0.1, 0.15) is 29.3 Å². The Balaban J connectivity index is 1.68. The van der Waals surface area contributed by atoms with E-state index in [1.807, 2.05) is 0 Å². The van der Waals surface area contributed by atoms with Crippen LogP contribution in [0.25, 0.3) is 11.0 Å². The number of hydrogen-bond donors (Lipinski definition) is 6. The van der Waals surface area contributed by atoms with Gasteiger partial charge in [0.05, 0.1) is 32.6 Å². The van der Waals surface area contributed by atoms with Crippen LogP contribution < -0.4 is 5.32 Å². The molecule has 3 aromatic rings. The number of pyridine rings is 1. The van der Waals surface area contributed by atoms with E-state index in [1.165, 1.54) is 24.3 Å². The molecule has 0 spiro atoms. The third-order valence-corrected chi connectivity index (χ3v) is 8.69. The van der Waals surface area contributed by atoms with E-state index in [-0.39, 0.29) is 27.4 Å². The van der Waals surface area contributed by atoms with Crippen molar-refractivity contribution in [1.29, 1.82) is 0 Å². The van der Waals surface area contributed by atoms with E-state index in [9.17, 15) is 28.6 Å². The lowest BCUT2D eigenvalue weighted by Gasteiger charge is -2.19. The van der Waals surface area contributed by atoms with Crippen molar-refractivity contribution in [3.63, 3.8) is 0 Å². The SMILES string of the molecule is [2H]C([2H])([2H])[C@H](Nc1cc(Cl)nc2c1cnn2[C@@H]1O[C@H](C([2H])([2H])OP(=O)(O)CP(=O)(O)O)[C@@H](O)[C@H]1O)c1ccccc1F. The number of nitrogens with one attached hydrogen (secondary N) is 1. The number of halogens is 2. The van der Waals surface area contributed by atoms with Gasteiger partial charge in [-0.15, -0.1) is 0 Å². The molecule has 202 valence electrons. The Morgan fingerprint density at radius 3 is 2.73 bits per heavy atom. The minimum absolute atomic E-state index is 0.0301. The topological polar surface area (TPSA) is 196 Å². The maximum Gasteiger partial charge on any atom is 0.340 e. The van der Waals surface area contributed by atoms with E-state index >= 15 is 0 Å². The molecule has 0 radical (unpaired) electrons. The Bertz CT molecular complexity index is 1580. The van der Waals surface area contributed by atoms with Crippen LogP contribution in [0.4, 0.5) is 10.1 Å². The fraction of sp³-hybridized carbons (Fsp3) is 0.400. The highest BCUT2D eigenvalue weighted by Crippen LogP contribution is 2.55. The number of rotatable bonds is 9. The Morgan fingerprint density at radius 1 is 1.32 bits per heavy atom. The van der Waals surface area contributed by atoms with E-state index < -0.39 is 70.9 Å². The Morgan fingerprint density at radius 2 is 2.05 bits per heavy atom. The van der Waals surface area contributed by atoms with Crippen LogP contribution >= 0.6 is 26.8 Å². The van der Waals surface area contributed by atoms with Crippen molar-refractivity contribution in [1.82, 2.24) is 14.8 Å². The average Bonchev–Trinajstić information content (AvgIpc) is 3.36. The second-order valence-electron chi connectivity index (χ2n) is 8.00. The molecule has 6 atom stereocenters. The number of hydrogen-bond acceptors (Lipinski definition) is 9. The molecule has 0 saturated carbocycles. The van der Waals surface area contributed by atoms with E-state index in [2.05, 4.69) is 19.9 Å². The van der Waals surface area contributed by atoms with Crippen molar-refractivity contribution in [3.8, 4) is 0 Å². The first-order valence-electron chi connectivity index (χ1n) is 12.8. The number of fused-ring (bicyclic) bond motifs is 1. The van der Waals surface area contributed by atoms with Gasteiger partial charge in [0.25, 0.3) is 0 Å².